The van der Waals surface area contributed by atoms with Gasteiger partial charge < -0.3 is 9.84 Å². The molecule has 0 radical (unpaired) electrons. The number of rotatable bonds is 7. The number of hydrogen-bond acceptors (Lipinski definition) is 6. The van der Waals surface area contributed by atoms with Crippen molar-refractivity contribution >= 4 is 27.8 Å². The summed E-state index contributed by atoms with van der Waals surface area (Å²) in [6.07, 6.45) is 1.82. The molecule has 0 aliphatic carbocycles. The molecule has 6 nitrogen and oxygen atoms in total. The maximum absolute atomic E-state index is 12.3. The SMILES string of the molecule is COC(=O)c1ccccc1S(=O)(=O)NCC(C)(O)CSC. The Kier molecular flexibility index (Phi) is 6.21. The van der Waals surface area contributed by atoms with Gasteiger partial charge in [-0.15, -0.1) is 0 Å². The summed E-state index contributed by atoms with van der Waals surface area (Å²) in [5.41, 5.74) is -1.22. The maximum Gasteiger partial charge on any atom is 0.339 e. The van der Waals surface area contributed by atoms with Crippen molar-refractivity contribution in [1.82, 2.24) is 4.72 Å². The molecule has 8 heteroatoms. The van der Waals surface area contributed by atoms with Crippen LogP contribution in [-0.4, -0.2) is 50.8 Å². The number of benzene rings is 1. The van der Waals surface area contributed by atoms with Crippen LogP contribution in [-0.2, 0) is 14.8 Å². The fraction of sp³-hybridized carbons (Fsp3) is 0.462. The lowest BCUT2D eigenvalue weighted by Gasteiger charge is -2.22. The van der Waals surface area contributed by atoms with Gasteiger partial charge in [0.25, 0.3) is 0 Å². The Balaban J connectivity index is 3.02. The standard InChI is InChI=1S/C13H19NO5S2/c1-13(16,9-20-3)8-14-21(17,18)11-7-5-4-6-10(11)12(15)19-2/h4-7,14,16H,8-9H2,1-3H3. The van der Waals surface area contributed by atoms with Crippen LogP contribution < -0.4 is 4.72 Å². The van der Waals surface area contributed by atoms with Gasteiger partial charge in [0, 0.05) is 12.3 Å². The van der Waals surface area contributed by atoms with Crippen LogP contribution in [0.5, 0.6) is 0 Å². The maximum atomic E-state index is 12.3. The predicted molar refractivity (Wildman–Crippen MR) is 82.0 cm³/mol. The van der Waals surface area contributed by atoms with E-state index in [9.17, 15) is 18.3 Å². The summed E-state index contributed by atoms with van der Waals surface area (Å²) >= 11 is 1.41. The van der Waals surface area contributed by atoms with E-state index in [1.54, 1.807) is 6.07 Å². The fourth-order valence-corrected chi connectivity index (χ4v) is 3.75. The Morgan fingerprint density at radius 2 is 2.05 bits per heavy atom. The van der Waals surface area contributed by atoms with Gasteiger partial charge >= 0.3 is 5.97 Å². The second kappa shape index (κ2) is 7.26. The number of carbonyl (C=O) groups excluding carboxylic acids is 1. The highest BCUT2D eigenvalue weighted by Crippen LogP contribution is 2.17. The van der Waals surface area contributed by atoms with Crippen LogP contribution in [0.3, 0.4) is 0 Å². The molecule has 0 heterocycles. The largest absolute Gasteiger partial charge is 0.465 e. The quantitative estimate of drug-likeness (QED) is 0.719. The van der Waals surface area contributed by atoms with Gasteiger partial charge in [0.1, 0.15) is 0 Å². The van der Waals surface area contributed by atoms with Gasteiger partial charge in [-0.1, -0.05) is 12.1 Å². The minimum absolute atomic E-state index is 0.0444. The van der Waals surface area contributed by atoms with E-state index in [0.29, 0.717) is 5.75 Å². The third kappa shape index (κ3) is 4.99. The van der Waals surface area contributed by atoms with Gasteiger partial charge in [-0.05, 0) is 25.3 Å². The van der Waals surface area contributed by atoms with Gasteiger partial charge in [-0.25, -0.2) is 17.9 Å². The summed E-state index contributed by atoms with van der Waals surface area (Å²) in [5, 5.41) is 10.0. The van der Waals surface area contributed by atoms with E-state index < -0.39 is 21.6 Å². The smallest absolute Gasteiger partial charge is 0.339 e. The monoisotopic (exact) mass is 333 g/mol. The molecule has 1 unspecified atom stereocenters. The van der Waals surface area contributed by atoms with E-state index in [4.69, 9.17) is 0 Å². The average Bonchev–Trinajstić information content (AvgIpc) is 2.44. The second-order valence-electron chi connectivity index (χ2n) is 4.74. The zero-order valence-electron chi connectivity index (χ0n) is 12.1. The molecule has 0 aliphatic rings. The Morgan fingerprint density at radius 3 is 2.62 bits per heavy atom. The molecule has 0 saturated heterocycles. The third-order valence-corrected chi connectivity index (χ3v) is 5.05. The van der Waals surface area contributed by atoms with Gasteiger partial charge in [0.05, 0.1) is 23.2 Å². The van der Waals surface area contributed by atoms with Gasteiger partial charge in [0.15, 0.2) is 0 Å². The summed E-state index contributed by atoms with van der Waals surface area (Å²) in [5.74, 6) is -0.347. The van der Waals surface area contributed by atoms with E-state index in [-0.39, 0.29) is 17.0 Å². The summed E-state index contributed by atoms with van der Waals surface area (Å²) in [6.45, 7) is 1.39. The van der Waals surface area contributed by atoms with Crippen molar-refractivity contribution in [2.75, 3.05) is 25.7 Å². The van der Waals surface area contributed by atoms with Crippen molar-refractivity contribution < 1.29 is 23.1 Å². The van der Waals surface area contributed by atoms with Crippen LogP contribution >= 0.6 is 11.8 Å². The van der Waals surface area contributed by atoms with Gasteiger partial charge in [-0.3, -0.25) is 0 Å². The second-order valence-corrected chi connectivity index (χ2v) is 7.34. The highest BCUT2D eigenvalue weighted by molar-refractivity contribution is 7.98. The topological polar surface area (TPSA) is 92.7 Å². The molecule has 0 spiro atoms. The molecule has 1 atom stereocenters. The fourth-order valence-electron chi connectivity index (χ4n) is 1.67. The van der Waals surface area contributed by atoms with Crippen molar-refractivity contribution in [3.8, 4) is 0 Å². The van der Waals surface area contributed by atoms with Crippen LogP contribution in [0.15, 0.2) is 29.2 Å². The zero-order valence-corrected chi connectivity index (χ0v) is 13.8. The Labute approximate surface area is 128 Å². The first-order valence-electron chi connectivity index (χ1n) is 6.12. The van der Waals surface area contributed by atoms with E-state index in [2.05, 4.69) is 9.46 Å². The zero-order chi connectivity index (χ0) is 16.1. The highest BCUT2D eigenvalue weighted by atomic mass is 32.2. The first-order chi connectivity index (χ1) is 9.73. The molecule has 1 rings (SSSR count). The molecule has 118 valence electrons. The lowest BCUT2D eigenvalue weighted by Crippen LogP contribution is -2.42. The molecule has 0 fully saturated rings. The summed E-state index contributed by atoms with van der Waals surface area (Å²) in [4.78, 5) is 11.4. The van der Waals surface area contributed by atoms with Crippen LogP contribution in [0.1, 0.15) is 17.3 Å². The van der Waals surface area contributed by atoms with E-state index >= 15 is 0 Å². The van der Waals surface area contributed by atoms with Crippen LogP contribution in [0.25, 0.3) is 0 Å². The number of methoxy groups -OCH3 is 1. The van der Waals surface area contributed by atoms with Crippen LogP contribution in [0.2, 0.25) is 0 Å². The summed E-state index contributed by atoms with van der Waals surface area (Å²) < 4.78 is 31.5. The number of aliphatic hydroxyl groups is 1. The van der Waals surface area contributed by atoms with Crippen molar-refractivity contribution in [1.29, 1.82) is 0 Å². The van der Waals surface area contributed by atoms with Gasteiger partial charge in [0.2, 0.25) is 10.0 Å². The molecule has 1 aromatic rings. The highest BCUT2D eigenvalue weighted by Gasteiger charge is 2.26. The number of ether oxygens (including phenoxy) is 1. The number of carbonyl (C=O) groups is 1. The summed E-state index contributed by atoms with van der Waals surface area (Å²) in [7, 11) is -2.73. The molecule has 0 aromatic heterocycles. The third-order valence-electron chi connectivity index (χ3n) is 2.68. The number of sulfonamides is 1. The minimum Gasteiger partial charge on any atom is -0.465 e. The van der Waals surface area contributed by atoms with Crippen LogP contribution in [0.4, 0.5) is 0 Å². The Hall–Kier alpha value is -1.09. The Bertz CT molecular complexity index is 598. The lowest BCUT2D eigenvalue weighted by atomic mass is 10.1. The lowest BCUT2D eigenvalue weighted by molar-refractivity contribution is 0.0596. The van der Waals surface area contributed by atoms with E-state index in [0.717, 1.165) is 0 Å². The number of nitrogens with one attached hydrogen (secondary N) is 1. The van der Waals surface area contributed by atoms with Crippen LogP contribution in [0, 0.1) is 0 Å². The van der Waals surface area contributed by atoms with Crippen molar-refractivity contribution in [3.63, 3.8) is 0 Å². The Morgan fingerprint density at radius 1 is 1.43 bits per heavy atom. The van der Waals surface area contributed by atoms with E-state index in [1.807, 2.05) is 6.26 Å². The average molecular weight is 333 g/mol. The van der Waals surface area contributed by atoms with Crippen molar-refractivity contribution in [2.24, 2.45) is 0 Å². The first kappa shape index (κ1) is 18.0. The molecule has 0 amide bonds. The minimum atomic E-state index is -3.92. The molecular weight excluding hydrogens is 314 g/mol. The molecule has 0 bridgehead atoms. The van der Waals surface area contributed by atoms with E-state index in [1.165, 1.54) is 44.0 Å². The normalized spacial score (nSPS) is 14.5. The molecular formula is C13H19NO5S2. The molecule has 0 aliphatic heterocycles. The summed E-state index contributed by atoms with van der Waals surface area (Å²) in [6, 6.07) is 5.76. The molecule has 1 aromatic carbocycles. The molecule has 21 heavy (non-hydrogen) atoms. The van der Waals surface area contributed by atoms with Gasteiger partial charge in [-0.2, -0.15) is 11.8 Å². The molecule has 0 saturated carbocycles. The number of esters is 1. The first-order valence-corrected chi connectivity index (χ1v) is 8.99. The van der Waals surface area contributed by atoms with Crippen molar-refractivity contribution in [2.45, 2.75) is 17.4 Å². The predicted octanol–water partition coefficient (Wildman–Crippen LogP) is 0.866. The number of thioether (sulfide) groups is 1. The number of hydrogen-bond donors (Lipinski definition) is 2. The molecule has 2 N–H and O–H groups in total. The van der Waals surface area contributed by atoms with Crippen molar-refractivity contribution in [3.05, 3.63) is 29.8 Å².